The molecule has 0 spiro atoms. The van der Waals surface area contributed by atoms with E-state index in [1.165, 1.54) is 35.9 Å². The summed E-state index contributed by atoms with van der Waals surface area (Å²) in [5.74, 6) is -2.10. The molecule has 1 atom stereocenters. The van der Waals surface area contributed by atoms with Gasteiger partial charge in [-0.25, -0.2) is 9.78 Å². The van der Waals surface area contributed by atoms with E-state index in [0.717, 1.165) is 22.5 Å². The van der Waals surface area contributed by atoms with Gasteiger partial charge in [-0.15, -0.1) is 10.2 Å². The number of amides is 1. The highest BCUT2D eigenvalue weighted by Crippen LogP contribution is 2.44. The number of carbonyl (C=O) groups is 3. The number of Topliss-reactive ketones (excluding diaryl/α,β-unsaturated/α-hetero) is 1. The third-order valence-corrected chi connectivity index (χ3v) is 9.66. The van der Waals surface area contributed by atoms with Crippen molar-refractivity contribution < 1.29 is 24.2 Å². The van der Waals surface area contributed by atoms with E-state index in [1.807, 2.05) is 41.8 Å². The zero-order chi connectivity index (χ0) is 31.1. The van der Waals surface area contributed by atoms with E-state index in [2.05, 4.69) is 15.2 Å². The molecule has 1 aliphatic heterocycles. The van der Waals surface area contributed by atoms with E-state index in [1.54, 1.807) is 31.2 Å². The second-order valence-corrected chi connectivity index (χ2v) is 12.6. The normalized spacial score (nSPS) is 16.2. The van der Waals surface area contributed by atoms with Crippen molar-refractivity contribution in [1.82, 2.24) is 19.6 Å². The summed E-state index contributed by atoms with van der Waals surface area (Å²) in [6, 6.07) is 16.4. The molecule has 1 fully saturated rings. The van der Waals surface area contributed by atoms with E-state index in [9.17, 15) is 19.5 Å². The third kappa shape index (κ3) is 5.25. The van der Waals surface area contributed by atoms with Gasteiger partial charge in [0.05, 0.1) is 30.0 Å². The summed E-state index contributed by atoms with van der Waals surface area (Å²) in [7, 11) is 1.28. The highest BCUT2D eigenvalue weighted by Gasteiger charge is 2.49. The summed E-state index contributed by atoms with van der Waals surface area (Å²) in [5, 5.41) is 21.0. The van der Waals surface area contributed by atoms with Gasteiger partial charge in [-0.3, -0.25) is 14.5 Å². The van der Waals surface area contributed by atoms with Gasteiger partial charge in [0.25, 0.3) is 5.78 Å². The first-order valence-electron chi connectivity index (χ1n) is 13.3. The largest absolute Gasteiger partial charge is 0.505 e. The van der Waals surface area contributed by atoms with Gasteiger partial charge in [-0.2, -0.15) is 0 Å². The van der Waals surface area contributed by atoms with Crippen LogP contribution in [0.3, 0.4) is 0 Å². The quantitative estimate of drug-likeness (QED) is 0.0553. The Bertz CT molecular complexity index is 1970. The summed E-state index contributed by atoms with van der Waals surface area (Å²) in [5.41, 5.74) is 3.93. The number of hydrogen-bond donors (Lipinski definition) is 1. The van der Waals surface area contributed by atoms with Gasteiger partial charge >= 0.3 is 11.9 Å². The number of anilines is 1. The number of thioether (sulfide) groups is 1. The van der Waals surface area contributed by atoms with Crippen LogP contribution in [-0.2, 0) is 20.1 Å². The SMILES string of the molecule is COC(=O)c1ccc(C2C(=C(O)c3nc4c(C)cccn4c3C)C(=O)C(=O)N2c2nnc(SCc3ccc(Cl)cc3)s2)cc1. The van der Waals surface area contributed by atoms with Crippen LogP contribution in [0.15, 0.2) is 76.8 Å². The van der Waals surface area contributed by atoms with Crippen molar-refractivity contribution in [2.45, 2.75) is 30.0 Å². The van der Waals surface area contributed by atoms with Crippen LogP contribution >= 0.6 is 34.7 Å². The summed E-state index contributed by atoms with van der Waals surface area (Å²) in [6.07, 6.45) is 1.81. The van der Waals surface area contributed by atoms with Crippen LogP contribution in [0.1, 0.15) is 44.5 Å². The van der Waals surface area contributed by atoms with E-state index in [0.29, 0.717) is 32.0 Å². The number of aromatic nitrogens is 4. The molecular formula is C31H24ClN5O5S2. The van der Waals surface area contributed by atoms with Crippen LogP contribution in [0.25, 0.3) is 11.4 Å². The predicted molar refractivity (Wildman–Crippen MR) is 168 cm³/mol. The molecule has 0 aliphatic carbocycles. The van der Waals surface area contributed by atoms with Gasteiger partial charge in [0.2, 0.25) is 5.13 Å². The van der Waals surface area contributed by atoms with E-state index in [-0.39, 0.29) is 22.0 Å². The summed E-state index contributed by atoms with van der Waals surface area (Å²) in [4.78, 5) is 45.3. The second-order valence-electron chi connectivity index (χ2n) is 9.98. The van der Waals surface area contributed by atoms with Crippen molar-refractivity contribution in [1.29, 1.82) is 0 Å². The lowest BCUT2D eigenvalue weighted by Crippen LogP contribution is -2.29. The molecule has 3 aromatic heterocycles. The molecule has 222 valence electrons. The minimum atomic E-state index is -1.06. The molecule has 1 unspecified atom stereocenters. The van der Waals surface area contributed by atoms with Crippen molar-refractivity contribution in [2.24, 2.45) is 0 Å². The average molecular weight is 646 g/mol. The lowest BCUT2D eigenvalue weighted by molar-refractivity contribution is -0.132. The molecular weight excluding hydrogens is 622 g/mol. The van der Waals surface area contributed by atoms with Crippen molar-refractivity contribution in [2.75, 3.05) is 12.0 Å². The molecule has 10 nitrogen and oxygen atoms in total. The Balaban J connectivity index is 1.44. The molecule has 5 aromatic rings. The second kappa shape index (κ2) is 11.9. The van der Waals surface area contributed by atoms with Crippen LogP contribution < -0.4 is 4.90 Å². The topological polar surface area (TPSA) is 127 Å². The number of aliphatic hydroxyl groups excluding tert-OH is 1. The fourth-order valence-corrected chi connectivity index (χ4v) is 6.97. The number of benzene rings is 2. The Labute approximate surface area is 265 Å². The number of ketones is 1. The standard InChI is InChI=1S/C31H24ClN5O5S2/c1-16-5-4-14-36-17(2)23(33-27(16)36)25(38)22-24(19-8-10-20(11-9-19)29(41)42-3)37(28(40)26(22)39)30-34-35-31(44-30)43-15-18-6-12-21(32)13-7-18/h4-14,24,38H,15H2,1-3H3. The summed E-state index contributed by atoms with van der Waals surface area (Å²) >= 11 is 8.58. The van der Waals surface area contributed by atoms with Gasteiger partial charge in [0.1, 0.15) is 11.3 Å². The van der Waals surface area contributed by atoms with Gasteiger partial charge in [0, 0.05) is 17.0 Å². The maximum Gasteiger partial charge on any atom is 0.337 e. The smallest absolute Gasteiger partial charge is 0.337 e. The van der Waals surface area contributed by atoms with Gasteiger partial charge in [-0.1, -0.05) is 65.0 Å². The molecule has 0 bridgehead atoms. The summed E-state index contributed by atoms with van der Waals surface area (Å²) in [6.45, 7) is 3.67. The minimum absolute atomic E-state index is 0.143. The Hall–Kier alpha value is -4.52. The summed E-state index contributed by atoms with van der Waals surface area (Å²) < 4.78 is 7.22. The van der Waals surface area contributed by atoms with Crippen LogP contribution in [0.4, 0.5) is 5.13 Å². The fraction of sp³-hybridized carbons (Fsp3) is 0.161. The fourth-order valence-electron chi connectivity index (χ4n) is 5.02. The highest BCUT2D eigenvalue weighted by atomic mass is 35.5. The zero-order valence-electron chi connectivity index (χ0n) is 23.6. The van der Waals surface area contributed by atoms with Gasteiger partial charge < -0.3 is 14.2 Å². The van der Waals surface area contributed by atoms with Crippen molar-refractivity contribution in [3.05, 3.63) is 111 Å². The van der Waals surface area contributed by atoms with Crippen LogP contribution in [0, 0.1) is 13.8 Å². The van der Waals surface area contributed by atoms with Crippen LogP contribution in [0.2, 0.25) is 5.02 Å². The number of rotatable bonds is 7. The molecule has 1 N–H and O–H groups in total. The molecule has 1 amide bonds. The lowest BCUT2D eigenvalue weighted by Gasteiger charge is -2.22. The number of aliphatic hydroxyl groups is 1. The Morgan fingerprint density at radius 3 is 2.48 bits per heavy atom. The molecule has 4 heterocycles. The molecule has 2 aromatic carbocycles. The molecule has 13 heteroatoms. The lowest BCUT2D eigenvalue weighted by atomic mass is 9.95. The number of halogens is 1. The Morgan fingerprint density at radius 2 is 1.80 bits per heavy atom. The number of ether oxygens (including phenoxy) is 1. The number of carbonyl (C=O) groups excluding carboxylic acids is 3. The van der Waals surface area contributed by atoms with Gasteiger partial charge in [0.15, 0.2) is 10.1 Å². The number of aryl methyl sites for hydroxylation is 2. The molecule has 0 saturated carbocycles. The first kappa shape index (κ1) is 29.5. The van der Waals surface area contributed by atoms with E-state index in [4.69, 9.17) is 16.3 Å². The monoisotopic (exact) mass is 645 g/mol. The number of methoxy groups -OCH3 is 1. The van der Waals surface area contributed by atoms with Gasteiger partial charge in [-0.05, 0) is 60.9 Å². The number of pyridine rings is 1. The molecule has 1 aliphatic rings. The predicted octanol–water partition coefficient (Wildman–Crippen LogP) is 6.16. The van der Waals surface area contributed by atoms with Crippen molar-refractivity contribution >= 4 is 68.9 Å². The molecule has 0 radical (unpaired) electrons. The highest BCUT2D eigenvalue weighted by molar-refractivity contribution is 8.00. The molecule has 6 rings (SSSR count). The Kier molecular flexibility index (Phi) is 7.97. The number of hydrogen-bond acceptors (Lipinski definition) is 10. The number of nitrogens with zero attached hydrogens (tertiary/aromatic N) is 5. The van der Waals surface area contributed by atoms with Crippen LogP contribution in [0.5, 0.6) is 0 Å². The van der Waals surface area contributed by atoms with E-state index < -0.39 is 29.5 Å². The number of imidazole rings is 1. The molecule has 44 heavy (non-hydrogen) atoms. The average Bonchev–Trinajstić information content (AvgIpc) is 3.71. The number of esters is 1. The maximum absolute atomic E-state index is 13.7. The Morgan fingerprint density at radius 1 is 1.07 bits per heavy atom. The first-order valence-corrected chi connectivity index (χ1v) is 15.5. The third-order valence-electron chi connectivity index (χ3n) is 7.28. The molecule has 1 saturated heterocycles. The van der Waals surface area contributed by atoms with Crippen molar-refractivity contribution in [3.8, 4) is 0 Å². The van der Waals surface area contributed by atoms with Crippen LogP contribution in [-0.4, -0.2) is 49.5 Å². The van der Waals surface area contributed by atoms with Crippen molar-refractivity contribution in [3.63, 3.8) is 0 Å². The van der Waals surface area contributed by atoms with E-state index >= 15 is 0 Å². The zero-order valence-corrected chi connectivity index (χ0v) is 26.0. The maximum atomic E-state index is 13.7. The minimum Gasteiger partial charge on any atom is -0.505 e. The number of fused-ring (bicyclic) bond motifs is 1. The first-order chi connectivity index (χ1) is 21.2.